The number of nitrogens with zero attached hydrogens (tertiary/aromatic N) is 5. The average molecular weight is 382 g/mol. The van der Waals surface area contributed by atoms with Crippen molar-refractivity contribution in [1.29, 1.82) is 0 Å². The molecule has 4 rings (SSSR count). The number of likely N-dealkylation sites (N-methyl/N-ethyl adjacent to an activating group) is 1. The van der Waals surface area contributed by atoms with E-state index >= 15 is 0 Å². The molecular formula is C20H26N6O2. The lowest BCUT2D eigenvalue weighted by Crippen LogP contribution is -2.26. The smallest absolute Gasteiger partial charge is 0.229 e. The van der Waals surface area contributed by atoms with Crippen molar-refractivity contribution in [2.45, 2.75) is 39.0 Å². The van der Waals surface area contributed by atoms with Crippen molar-refractivity contribution in [3.8, 4) is 5.75 Å². The molecule has 1 aliphatic heterocycles. The summed E-state index contributed by atoms with van der Waals surface area (Å²) in [6.07, 6.45) is 4.77. The van der Waals surface area contributed by atoms with E-state index < -0.39 is 0 Å². The predicted octanol–water partition coefficient (Wildman–Crippen LogP) is 2.34. The molecule has 8 heteroatoms. The Bertz CT molecular complexity index is 984. The molecule has 1 aromatic carbocycles. The second-order valence-electron chi connectivity index (χ2n) is 7.41. The molecule has 1 atom stereocenters. The summed E-state index contributed by atoms with van der Waals surface area (Å²) in [7, 11) is 3.81. The number of ether oxygens (including phenoxy) is 1. The maximum Gasteiger partial charge on any atom is 0.229 e. The summed E-state index contributed by atoms with van der Waals surface area (Å²) < 4.78 is 7.39. The zero-order chi connectivity index (χ0) is 19.7. The van der Waals surface area contributed by atoms with Gasteiger partial charge in [-0.1, -0.05) is 0 Å². The second-order valence-corrected chi connectivity index (χ2v) is 7.41. The molecule has 148 valence electrons. The highest BCUT2D eigenvalue weighted by molar-refractivity contribution is 5.76. The van der Waals surface area contributed by atoms with Crippen molar-refractivity contribution in [2.75, 3.05) is 26.0 Å². The van der Waals surface area contributed by atoms with Gasteiger partial charge >= 0.3 is 0 Å². The number of aryl methyl sites for hydroxylation is 1. The SMILES string of the molecule is COc1cc2c(cc1Nc1ncc3cnn(CCC(C)O)c3n1)CN(C)CC2. The number of fused-ring (bicyclic) bond motifs is 2. The minimum Gasteiger partial charge on any atom is -0.495 e. The largest absolute Gasteiger partial charge is 0.495 e. The highest BCUT2D eigenvalue weighted by Crippen LogP contribution is 2.33. The molecular weight excluding hydrogens is 356 g/mol. The molecule has 2 N–H and O–H groups in total. The number of hydrogen-bond acceptors (Lipinski definition) is 7. The van der Waals surface area contributed by atoms with Crippen molar-refractivity contribution in [3.05, 3.63) is 35.7 Å². The number of rotatable bonds is 6. The third-order valence-corrected chi connectivity index (χ3v) is 5.11. The highest BCUT2D eigenvalue weighted by Gasteiger charge is 2.17. The first kappa shape index (κ1) is 18.6. The lowest BCUT2D eigenvalue weighted by atomic mass is 9.99. The Balaban J connectivity index is 1.64. The molecule has 0 saturated carbocycles. The number of nitrogens with one attached hydrogen (secondary N) is 1. The minimum atomic E-state index is -0.378. The van der Waals surface area contributed by atoms with Gasteiger partial charge in [-0.15, -0.1) is 0 Å². The Morgan fingerprint density at radius 2 is 2.14 bits per heavy atom. The molecule has 3 aromatic rings. The molecule has 0 aliphatic carbocycles. The first-order valence-corrected chi connectivity index (χ1v) is 9.55. The Morgan fingerprint density at radius 1 is 1.29 bits per heavy atom. The van der Waals surface area contributed by atoms with Crippen LogP contribution in [0.5, 0.6) is 5.75 Å². The predicted molar refractivity (Wildman–Crippen MR) is 108 cm³/mol. The second kappa shape index (κ2) is 7.73. The Morgan fingerprint density at radius 3 is 2.93 bits per heavy atom. The van der Waals surface area contributed by atoms with Gasteiger partial charge in [0.15, 0.2) is 5.65 Å². The summed E-state index contributed by atoms with van der Waals surface area (Å²) >= 11 is 0. The van der Waals surface area contributed by atoms with Crippen molar-refractivity contribution >= 4 is 22.7 Å². The van der Waals surface area contributed by atoms with Crippen molar-refractivity contribution in [1.82, 2.24) is 24.6 Å². The van der Waals surface area contributed by atoms with Crippen LogP contribution in [0.1, 0.15) is 24.5 Å². The van der Waals surface area contributed by atoms with Gasteiger partial charge in [0.2, 0.25) is 5.95 Å². The van der Waals surface area contributed by atoms with Gasteiger partial charge in [-0.25, -0.2) is 9.67 Å². The van der Waals surface area contributed by atoms with Crippen LogP contribution in [0.3, 0.4) is 0 Å². The van der Waals surface area contributed by atoms with Gasteiger partial charge < -0.3 is 20.1 Å². The van der Waals surface area contributed by atoms with Crippen LogP contribution in [-0.4, -0.2) is 56.6 Å². The summed E-state index contributed by atoms with van der Waals surface area (Å²) in [4.78, 5) is 11.4. The fourth-order valence-electron chi connectivity index (χ4n) is 3.51. The quantitative estimate of drug-likeness (QED) is 0.676. The topological polar surface area (TPSA) is 88.3 Å². The van der Waals surface area contributed by atoms with Crippen molar-refractivity contribution in [2.24, 2.45) is 0 Å². The van der Waals surface area contributed by atoms with Crippen LogP contribution in [0.4, 0.5) is 11.6 Å². The van der Waals surface area contributed by atoms with E-state index in [0.717, 1.165) is 42.0 Å². The zero-order valence-electron chi connectivity index (χ0n) is 16.5. The van der Waals surface area contributed by atoms with Gasteiger partial charge in [-0.05, 0) is 50.1 Å². The fourth-order valence-corrected chi connectivity index (χ4v) is 3.51. The van der Waals surface area contributed by atoms with E-state index in [1.165, 1.54) is 11.1 Å². The van der Waals surface area contributed by atoms with Gasteiger partial charge in [0.05, 0.1) is 30.5 Å². The maximum atomic E-state index is 9.54. The highest BCUT2D eigenvalue weighted by atomic mass is 16.5. The molecule has 3 heterocycles. The van der Waals surface area contributed by atoms with Crippen LogP contribution in [0.2, 0.25) is 0 Å². The molecule has 0 fully saturated rings. The monoisotopic (exact) mass is 382 g/mol. The number of methoxy groups -OCH3 is 1. The van der Waals surface area contributed by atoms with E-state index in [2.05, 4.69) is 44.5 Å². The lowest BCUT2D eigenvalue weighted by molar-refractivity contribution is 0.177. The van der Waals surface area contributed by atoms with E-state index in [0.29, 0.717) is 18.9 Å². The molecule has 1 unspecified atom stereocenters. The average Bonchev–Trinajstić information content (AvgIpc) is 3.08. The van der Waals surface area contributed by atoms with Crippen LogP contribution in [0.15, 0.2) is 24.5 Å². The normalized spacial score (nSPS) is 15.4. The van der Waals surface area contributed by atoms with Gasteiger partial charge in [-0.2, -0.15) is 10.1 Å². The number of hydrogen-bond donors (Lipinski definition) is 2. The van der Waals surface area contributed by atoms with E-state index in [-0.39, 0.29) is 6.10 Å². The molecule has 0 saturated heterocycles. The molecule has 28 heavy (non-hydrogen) atoms. The summed E-state index contributed by atoms with van der Waals surface area (Å²) in [5.41, 5.74) is 4.22. The lowest BCUT2D eigenvalue weighted by Gasteiger charge is -2.26. The van der Waals surface area contributed by atoms with Crippen LogP contribution in [0, 0.1) is 0 Å². The number of aromatic nitrogens is 4. The molecule has 0 spiro atoms. The van der Waals surface area contributed by atoms with Crippen LogP contribution in [0.25, 0.3) is 11.0 Å². The summed E-state index contributed by atoms with van der Waals surface area (Å²) in [6.45, 7) is 4.35. The first-order valence-electron chi connectivity index (χ1n) is 9.55. The Labute approximate surface area is 164 Å². The van der Waals surface area contributed by atoms with E-state index in [1.54, 1.807) is 31.1 Å². The number of anilines is 2. The number of aliphatic hydroxyl groups is 1. The van der Waals surface area contributed by atoms with Crippen molar-refractivity contribution in [3.63, 3.8) is 0 Å². The third kappa shape index (κ3) is 3.79. The molecule has 2 aromatic heterocycles. The van der Waals surface area contributed by atoms with Crippen LogP contribution < -0.4 is 10.1 Å². The van der Waals surface area contributed by atoms with Gasteiger partial charge in [0, 0.05) is 25.8 Å². The molecule has 0 radical (unpaired) electrons. The maximum absolute atomic E-state index is 9.54. The molecule has 8 nitrogen and oxygen atoms in total. The standard InChI is InChI=1S/C20H26N6O2/c1-13(27)4-7-26-19-16(11-22-26)10-21-20(24-19)23-17-8-15-12-25(2)6-5-14(15)9-18(17)28-3/h8-11,13,27H,4-7,12H2,1-3H3,(H,21,23,24). The van der Waals surface area contributed by atoms with E-state index in [1.807, 2.05) is 0 Å². The van der Waals surface area contributed by atoms with E-state index in [4.69, 9.17) is 4.74 Å². The zero-order valence-corrected chi connectivity index (χ0v) is 16.5. The fraction of sp³-hybridized carbons (Fsp3) is 0.450. The number of benzene rings is 1. The van der Waals surface area contributed by atoms with Crippen LogP contribution >= 0.6 is 0 Å². The van der Waals surface area contributed by atoms with Gasteiger partial charge in [0.1, 0.15) is 5.75 Å². The Kier molecular flexibility index (Phi) is 5.15. The molecule has 0 amide bonds. The summed E-state index contributed by atoms with van der Waals surface area (Å²) in [6, 6.07) is 4.23. The van der Waals surface area contributed by atoms with Crippen LogP contribution in [-0.2, 0) is 19.5 Å². The van der Waals surface area contributed by atoms with Crippen molar-refractivity contribution < 1.29 is 9.84 Å². The van der Waals surface area contributed by atoms with Gasteiger partial charge in [0.25, 0.3) is 0 Å². The Hall–Kier alpha value is -2.71. The minimum absolute atomic E-state index is 0.378. The summed E-state index contributed by atoms with van der Waals surface area (Å²) in [5.74, 6) is 1.28. The molecule has 0 bridgehead atoms. The number of aliphatic hydroxyl groups excluding tert-OH is 1. The van der Waals surface area contributed by atoms with E-state index in [9.17, 15) is 5.11 Å². The van der Waals surface area contributed by atoms with Gasteiger partial charge in [-0.3, -0.25) is 0 Å². The summed E-state index contributed by atoms with van der Waals surface area (Å²) in [5, 5.41) is 18.1. The third-order valence-electron chi connectivity index (χ3n) is 5.11. The first-order chi connectivity index (χ1) is 13.5. The molecule has 1 aliphatic rings.